The lowest BCUT2D eigenvalue weighted by molar-refractivity contribution is -0.117. The predicted molar refractivity (Wildman–Crippen MR) is 96.5 cm³/mol. The Morgan fingerprint density at radius 3 is 2.60 bits per heavy atom. The fraction of sp³-hybridized carbons (Fsp3) is 0.765. The van der Waals surface area contributed by atoms with Crippen LogP contribution >= 0.6 is 11.8 Å². The summed E-state index contributed by atoms with van der Waals surface area (Å²) in [6, 6.07) is 1.52. The van der Waals surface area contributed by atoms with Crippen LogP contribution in [-0.4, -0.2) is 51.3 Å². The Balaban J connectivity index is 1.92. The number of carbonyl (C=O) groups excluding carboxylic acids is 1. The molecule has 3 N–H and O–H groups in total. The molecule has 1 aliphatic rings. The molecule has 1 amide bonds. The van der Waals surface area contributed by atoms with Crippen molar-refractivity contribution in [3.05, 3.63) is 11.8 Å². The Morgan fingerprint density at radius 1 is 1.36 bits per heavy atom. The summed E-state index contributed by atoms with van der Waals surface area (Å²) in [5.41, 5.74) is -0.620. The van der Waals surface area contributed by atoms with Crippen LogP contribution in [0, 0.1) is 5.92 Å². The van der Waals surface area contributed by atoms with Crippen LogP contribution in [0.25, 0.3) is 0 Å². The number of amides is 1. The Hall–Kier alpha value is -1.09. The van der Waals surface area contributed by atoms with Crippen LogP contribution in [-0.2, 0) is 14.9 Å². The highest BCUT2D eigenvalue weighted by atomic mass is 32.2. The molecule has 0 aromatic carbocycles. The van der Waals surface area contributed by atoms with Crippen molar-refractivity contribution in [1.82, 2.24) is 5.16 Å². The minimum absolute atomic E-state index is 0.172. The Labute approximate surface area is 152 Å². The number of ether oxygens (including phenoxy) is 1. The van der Waals surface area contributed by atoms with Gasteiger partial charge in [0.2, 0.25) is 11.8 Å². The highest BCUT2D eigenvalue weighted by Crippen LogP contribution is 2.32. The molecule has 1 aromatic heterocycles. The van der Waals surface area contributed by atoms with Crippen molar-refractivity contribution >= 4 is 23.6 Å². The average molecular weight is 372 g/mol. The third kappa shape index (κ3) is 5.20. The van der Waals surface area contributed by atoms with Crippen molar-refractivity contribution in [3.8, 4) is 0 Å². The molecular weight excluding hydrogens is 344 g/mol. The second-order valence-electron chi connectivity index (χ2n) is 7.50. The number of nitrogens with zero attached hydrogens (tertiary/aromatic N) is 1. The maximum absolute atomic E-state index is 12.6. The summed E-state index contributed by atoms with van der Waals surface area (Å²) in [7, 11) is 0. The fourth-order valence-corrected chi connectivity index (χ4v) is 3.51. The molecule has 1 saturated heterocycles. The highest BCUT2D eigenvalue weighted by molar-refractivity contribution is 8.01. The lowest BCUT2D eigenvalue weighted by Gasteiger charge is -2.27. The molecule has 0 unspecified atom stereocenters. The quantitative estimate of drug-likeness (QED) is 0.630. The number of aliphatic hydroxyl groups is 2. The first-order chi connectivity index (χ1) is 11.6. The maximum atomic E-state index is 12.6. The molecule has 0 atom stereocenters. The largest absolute Gasteiger partial charge is 0.381 e. The van der Waals surface area contributed by atoms with Crippen molar-refractivity contribution in [2.75, 3.05) is 24.3 Å². The van der Waals surface area contributed by atoms with Crippen LogP contribution in [0.1, 0.15) is 46.2 Å². The van der Waals surface area contributed by atoms with Gasteiger partial charge < -0.3 is 19.5 Å². The number of hydrogen-bond acceptors (Lipinski definition) is 7. The van der Waals surface area contributed by atoms with Gasteiger partial charge in [0.05, 0.1) is 15.9 Å². The number of hydrogen-bond donors (Lipinski definition) is 3. The van der Waals surface area contributed by atoms with E-state index < -0.39 is 16.5 Å². The second-order valence-corrected chi connectivity index (χ2v) is 9.15. The molecule has 0 aliphatic carbocycles. The average Bonchev–Trinajstić information content (AvgIpc) is 3.03. The number of nitrogens with one attached hydrogen (secondary N) is 1. The van der Waals surface area contributed by atoms with Crippen molar-refractivity contribution in [3.63, 3.8) is 0 Å². The van der Waals surface area contributed by atoms with E-state index in [0.717, 1.165) is 31.8 Å². The van der Waals surface area contributed by atoms with E-state index in [1.807, 2.05) is 13.8 Å². The number of aromatic nitrogens is 1. The van der Waals surface area contributed by atoms with Crippen molar-refractivity contribution in [1.29, 1.82) is 0 Å². The molecule has 1 aromatic rings. The summed E-state index contributed by atoms with van der Waals surface area (Å²) in [5, 5.41) is 25.4. The molecule has 0 bridgehead atoms. The van der Waals surface area contributed by atoms with E-state index in [0.29, 0.717) is 11.6 Å². The number of anilines is 1. The van der Waals surface area contributed by atoms with E-state index in [2.05, 4.69) is 10.5 Å². The van der Waals surface area contributed by atoms with E-state index in [1.54, 1.807) is 25.6 Å². The first-order valence-corrected chi connectivity index (χ1v) is 9.48. The zero-order chi connectivity index (χ0) is 18.7. The first-order valence-electron chi connectivity index (χ1n) is 8.49. The lowest BCUT2D eigenvalue weighted by atomic mass is 9.89. The van der Waals surface area contributed by atoms with Gasteiger partial charge in [-0.25, -0.2) is 0 Å². The normalized spacial score (nSPS) is 17.1. The van der Waals surface area contributed by atoms with E-state index in [-0.39, 0.29) is 11.8 Å². The van der Waals surface area contributed by atoms with Crippen LogP contribution in [0.15, 0.2) is 10.6 Å². The van der Waals surface area contributed by atoms with Crippen LogP contribution in [0.3, 0.4) is 0 Å². The van der Waals surface area contributed by atoms with Gasteiger partial charge in [-0.05, 0) is 52.2 Å². The molecule has 8 heteroatoms. The molecule has 25 heavy (non-hydrogen) atoms. The molecule has 142 valence electrons. The summed E-state index contributed by atoms with van der Waals surface area (Å²) in [6.07, 6.45) is 0.497. The summed E-state index contributed by atoms with van der Waals surface area (Å²) < 4.78 is 9.88. The topological polar surface area (TPSA) is 105 Å². The monoisotopic (exact) mass is 372 g/mol. The number of carbonyl (C=O) groups is 1. The first kappa shape index (κ1) is 20.2. The van der Waals surface area contributed by atoms with Crippen molar-refractivity contribution in [2.45, 2.75) is 57.0 Å². The van der Waals surface area contributed by atoms with Crippen LogP contribution < -0.4 is 5.32 Å². The van der Waals surface area contributed by atoms with E-state index in [4.69, 9.17) is 9.26 Å². The predicted octanol–water partition coefficient (Wildman–Crippen LogP) is 2.14. The zero-order valence-corrected chi connectivity index (χ0v) is 16.1. The van der Waals surface area contributed by atoms with Crippen molar-refractivity contribution < 1.29 is 24.3 Å². The third-order valence-electron chi connectivity index (χ3n) is 4.62. The van der Waals surface area contributed by atoms with Crippen LogP contribution in [0.2, 0.25) is 0 Å². The molecule has 2 heterocycles. The standard InChI is InChI=1S/C17H28N2O5S/c1-16(2,15(21)22)12-9-13(24-19-12)18-14(20)17(3,4)25-10-11-5-7-23-8-6-11/h9,11,15,21-22H,5-8,10H2,1-4H3,(H,18,20). The van der Waals surface area contributed by atoms with Crippen molar-refractivity contribution in [2.24, 2.45) is 5.92 Å². The Morgan fingerprint density at radius 2 is 2.00 bits per heavy atom. The number of thioether (sulfide) groups is 1. The van der Waals surface area contributed by atoms with Gasteiger partial charge in [-0.15, -0.1) is 11.8 Å². The van der Waals surface area contributed by atoms with Gasteiger partial charge in [-0.2, -0.15) is 0 Å². The highest BCUT2D eigenvalue weighted by Gasteiger charge is 2.34. The van der Waals surface area contributed by atoms with Gasteiger partial charge >= 0.3 is 0 Å². The SMILES string of the molecule is CC(C)(SCC1CCOCC1)C(=O)Nc1cc(C(C)(C)C(O)O)no1. The van der Waals surface area contributed by atoms with Gasteiger partial charge in [0, 0.05) is 19.3 Å². The summed E-state index contributed by atoms with van der Waals surface area (Å²) in [4.78, 5) is 12.6. The minimum atomic E-state index is -1.58. The molecule has 0 spiro atoms. The summed E-state index contributed by atoms with van der Waals surface area (Å²) >= 11 is 1.62. The molecular formula is C17H28N2O5S. The fourth-order valence-electron chi connectivity index (χ4n) is 2.34. The van der Waals surface area contributed by atoms with Crippen LogP contribution in [0.4, 0.5) is 5.88 Å². The smallest absolute Gasteiger partial charge is 0.242 e. The molecule has 2 rings (SSSR count). The molecule has 7 nitrogen and oxygen atoms in total. The van der Waals surface area contributed by atoms with E-state index >= 15 is 0 Å². The number of aliphatic hydroxyl groups excluding tert-OH is 1. The van der Waals surface area contributed by atoms with Gasteiger partial charge in [0.1, 0.15) is 0 Å². The minimum Gasteiger partial charge on any atom is -0.381 e. The molecule has 0 radical (unpaired) electrons. The van der Waals surface area contributed by atoms with Gasteiger partial charge in [-0.1, -0.05) is 5.16 Å². The maximum Gasteiger partial charge on any atom is 0.242 e. The second kappa shape index (κ2) is 8.07. The van der Waals surface area contributed by atoms with E-state index in [9.17, 15) is 15.0 Å². The lowest BCUT2D eigenvalue weighted by Crippen LogP contribution is -2.35. The van der Waals surface area contributed by atoms with Crippen LogP contribution in [0.5, 0.6) is 0 Å². The number of rotatable bonds is 7. The van der Waals surface area contributed by atoms with Gasteiger partial charge in [-0.3, -0.25) is 10.1 Å². The molecule has 1 aliphatic heterocycles. The Bertz CT molecular complexity index is 579. The zero-order valence-electron chi connectivity index (χ0n) is 15.2. The summed E-state index contributed by atoms with van der Waals surface area (Å²) in [6.45, 7) is 8.62. The molecule has 1 fully saturated rings. The Kier molecular flexibility index (Phi) is 6.53. The van der Waals surface area contributed by atoms with E-state index in [1.165, 1.54) is 6.07 Å². The van der Waals surface area contributed by atoms with Gasteiger partial charge in [0.25, 0.3) is 0 Å². The molecule has 0 saturated carbocycles. The third-order valence-corrected chi connectivity index (χ3v) is 6.17. The summed E-state index contributed by atoms with van der Waals surface area (Å²) in [5.74, 6) is 1.52. The van der Waals surface area contributed by atoms with Gasteiger partial charge in [0.15, 0.2) is 6.29 Å².